The molecule has 150 valence electrons. The van der Waals surface area contributed by atoms with Gasteiger partial charge in [-0.2, -0.15) is 0 Å². The van der Waals surface area contributed by atoms with Crippen molar-refractivity contribution in [2.75, 3.05) is 38.0 Å². The largest absolute Gasteiger partial charge is 0.497 e. The molecule has 2 rings (SSSR count). The first-order chi connectivity index (χ1) is 13.5. The van der Waals surface area contributed by atoms with Crippen LogP contribution < -0.4 is 30.7 Å². The molecule has 0 aliphatic carbocycles. The van der Waals surface area contributed by atoms with E-state index in [0.717, 1.165) is 0 Å². The highest BCUT2D eigenvalue weighted by molar-refractivity contribution is 5.90. The number of ether oxygens (including phenoxy) is 2. The van der Waals surface area contributed by atoms with Gasteiger partial charge in [0.15, 0.2) is 0 Å². The Hall–Kier alpha value is -3.46. The van der Waals surface area contributed by atoms with Crippen LogP contribution in [0.25, 0.3) is 0 Å². The summed E-state index contributed by atoms with van der Waals surface area (Å²) in [6.07, 6.45) is 0. The van der Waals surface area contributed by atoms with Crippen molar-refractivity contribution >= 4 is 23.4 Å². The molecule has 0 aromatic heterocycles. The van der Waals surface area contributed by atoms with E-state index in [1.165, 1.54) is 14.2 Å². The molecule has 0 aliphatic heterocycles. The fourth-order valence-corrected chi connectivity index (χ4v) is 2.31. The number of rotatable bonds is 8. The van der Waals surface area contributed by atoms with Crippen LogP contribution in [0.15, 0.2) is 48.5 Å². The van der Waals surface area contributed by atoms with Gasteiger partial charge in [0.05, 0.1) is 26.9 Å². The Bertz CT molecular complexity index is 799. The van der Waals surface area contributed by atoms with Gasteiger partial charge in [0.2, 0.25) is 0 Å². The quantitative estimate of drug-likeness (QED) is 0.474. The Kier molecular flexibility index (Phi) is 7.92. The SMILES string of the molecule is COc1cccc(NC(=O)NC[C@H](CO)NC(=O)Nc2cccc(OC)c2)c1. The van der Waals surface area contributed by atoms with Gasteiger partial charge >= 0.3 is 12.1 Å². The number of urea groups is 2. The van der Waals surface area contributed by atoms with Crippen LogP contribution in [0.5, 0.6) is 11.5 Å². The number of hydrogen-bond donors (Lipinski definition) is 5. The summed E-state index contributed by atoms with van der Waals surface area (Å²) in [6, 6.07) is 12.1. The first-order valence-corrected chi connectivity index (χ1v) is 8.55. The zero-order valence-corrected chi connectivity index (χ0v) is 15.7. The highest BCUT2D eigenvalue weighted by Gasteiger charge is 2.13. The fourth-order valence-electron chi connectivity index (χ4n) is 2.31. The van der Waals surface area contributed by atoms with Crippen LogP contribution in [-0.2, 0) is 0 Å². The van der Waals surface area contributed by atoms with Gasteiger partial charge in [-0.1, -0.05) is 12.1 Å². The topological polar surface area (TPSA) is 121 Å². The van der Waals surface area contributed by atoms with Gasteiger partial charge in [-0.05, 0) is 24.3 Å². The predicted octanol–water partition coefficient (Wildman–Crippen LogP) is 2.01. The number of hydrogen-bond acceptors (Lipinski definition) is 5. The third kappa shape index (κ3) is 6.69. The molecular formula is C19H24N4O5. The van der Waals surface area contributed by atoms with E-state index in [-0.39, 0.29) is 13.2 Å². The minimum atomic E-state index is -0.665. The van der Waals surface area contributed by atoms with Crippen LogP contribution in [-0.4, -0.2) is 50.6 Å². The lowest BCUT2D eigenvalue weighted by Crippen LogP contribution is -2.48. The first kappa shape index (κ1) is 20.8. The van der Waals surface area contributed by atoms with Crippen molar-refractivity contribution in [1.82, 2.24) is 10.6 Å². The average molecular weight is 388 g/mol. The third-order valence-electron chi connectivity index (χ3n) is 3.72. The second-order valence-corrected chi connectivity index (χ2v) is 5.78. The van der Waals surface area contributed by atoms with Crippen LogP contribution in [0.3, 0.4) is 0 Å². The zero-order valence-electron chi connectivity index (χ0n) is 15.7. The summed E-state index contributed by atoms with van der Waals surface area (Å²) >= 11 is 0. The number of aliphatic hydroxyl groups excluding tert-OH is 1. The molecule has 9 nitrogen and oxygen atoms in total. The van der Waals surface area contributed by atoms with E-state index in [0.29, 0.717) is 22.9 Å². The second kappa shape index (κ2) is 10.6. The monoisotopic (exact) mass is 388 g/mol. The summed E-state index contributed by atoms with van der Waals surface area (Å²) < 4.78 is 10.2. The van der Waals surface area contributed by atoms with Gasteiger partial charge in [0.25, 0.3) is 0 Å². The minimum absolute atomic E-state index is 0.0395. The molecule has 28 heavy (non-hydrogen) atoms. The van der Waals surface area contributed by atoms with E-state index in [1.54, 1.807) is 48.5 Å². The summed E-state index contributed by atoms with van der Waals surface area (Å²) in [4.78, 5) is 24.1. The normalized spacial score (nSPS) is 11.1. The molecule has 0 fully saturated rings. The standard InChI is InChI=1S/C19H24N4O5/c1-27-16-7-3-5-13(9-16)21-18(25)20-11-15(12-24)23-19(26)22-14-6-4-8-17(10-14)28-2/h3-10,15,24H,11-12H2,1-2H3,(H2,20,21,25)(H2,22,23,26)/t15-/m1/s1. The Morgan fingerprint density at radius 2 is 1.46 bits per heavy atom. The lowest BCUT2D eigenvalue weighted by molar-refractivity contribution is 0.220. The molecule has 0 saturated heterocycles. The molecular weight excluding hydrogens is 364 g/mol. The maximum atomic E-state index is 12.1. The summed E-state index contributed by atoms with van der Waals surface area (Å²) in [5, 5.41) is 19.9. The van der Waals surface area contributed by atoms with Gasteiger partial charge in [-0.25, -0.2) is 9.59 Å². The Morgan fingerprint density at radius 3 is 1.96 bits per heavy atom. The van der Waals surface area contributed by atoms with Crippen molar-refractivity contribution in [1.29, 1.82) is 0 Å². The number of anilines is 2. The Morgan fingerprint density at radius 1 is 0.929 bits per heavy atom. The Labute approximate surface area is 163 Å². The average Bonchev–Trinajstić information content (AvgIpc) is 2.71. The number of carbonyl (C=O) groups is 2. The van der Waals surface area contributed by atoms with Crippen molar-refractivity contribution in [3.05, 3.63) is 48.5 Å². The highest BCUT2D eigenvalue weighted by Crippen LogP contribution is 2.17. The molecule has 0 spiro atoms. The molecule has 0 unspecified atom stereocenters. The fraction of sp³-hybridized carbons (Fsp3) is 0.263. The van der Waals surface area contributed by atoms with Gasteiger partial charge in [0.1, 0.15) is 11.5 Å². The van der Waals surface area contributed by atoms with Crippen molar-refractivity contribution in [3.8, 4) is 11.5 Å². The second-order valence-electron chi connectivity index (χ2n) is 5.78. The summed E-state index contributed by atoms with van der Waals surface area (Å²) in [6.45, 7) is -0.303. The molecule has 4 amide bonds. The minimum Gasteiger partial charge on any atom is -0.497 e. The van der Waals surface area contributed by atoms with E-state index in [9.17, 15) is 14.7 Å². The van der Waals surface area contributed by atoms with E-state index in [2.05, 4.69) is 21.3 Å². The maximum absolute atomic E-state index is 12.1. The van der Waals surface area contributed by atoms with Crippen LogP contribution >= 0.6 is 0 Å². The lowest BCUT2D eigenvalue weighted by Gasteiger charge is -2.18. The van der Waals surface area contributed by atoms with Crippen molar-refractivity contribution < 1.29 is 24.2 Å². The van der Waals surface area contributed by atoms with E-state index in [4.69, 9.17) is 9.47 Å². The van der Waals surface area contributed by atoms with Gasteiger partial charge in [-0.15, -0.1) is 0 Å². The molecule has 0 heterocycles. The molecule has 1 atom stereocenters. The predicted molar refractivity (Wildman–Crippen MR) is 106 cm³/mol. The maximum Gasteiger partial charge on any atom is 0.319 e. The summed E-state index contributed by atoms with van der Waals surface area (Å²) in [5.74, 6) is 1.22. The number of methoxy groups -OCH3 is 2. The molecule has 9 heteroatoms. The van der Waals surface area contributed by atoms with Crippen molar-refractivity contribution in [2.24, 2.45) is 0 Å². The van der Waals surface area contributed by atoms with Crippen LogP contribution in [0.1, 0.15) is 0 Å². The summed E-state index contributed by atoms with van der Waals surface area (Å²) in [5.41, 5.74) is 1.10. The highest BCUT2D eigenvalue weighted by atomic mass is 16.5. The molecule has 0 saturated carbocycles. The number of aliphatic hydroxyl groups is 1. The van der Waals surface area contributed by atoms with Crippen LogP contribution in [0.4, 0.5) is 21.0 Å². The molecule has 0 aliphatic rings. The number of benzene rings is 2. The summed E-state index contributed by atoms with van der Waals surface area (Å²) in [7, 11) is 3.07. The molecule has 2 aromatic rings. The first-order valence-electron chi connectivity index (χ1n) is 8.55. The lowest BCUT2D eigenvalue weighted by atomic mass is 10.3. The van der Waals surface area contributed by atoms with Crippen molar-refractivity contribution in [2.45, 2.75) is 6.04 Å². The molecule has 0 radical (unpaired) electrons. The van der Waals surface area contributed by atoms with E-state index in [1.807, 2.05) is 0 Å². The number of amides is 4. The van der Waals surface area contributed by atoms with Crippen molar-refractivity contribution in [3.63, 3.8) is 0 Å². The Balaban J connectivity index is 1.80. The van der Waals surface area contributed by atoms with E-state index >= 15 is 0 Å². The van der Waals surface area contributed by atoms with Crippen LogP contribution in [0, 0.1) is 0 Å². The molecule has 2 aromatic carbocycles. The molecule has 5 N–H and O–H groups in total. The van der Waals surface area contributed by atoms with Gasteiger partial charge in [0, 0.05) is 30.1 Å². The van der Waals surface area contributed by atoms with Crippen LogP contribution in [0.2, 0.25) is 0 Å². The molecule has 0 bridgehead atoms. The zero-order chi connectivity index (χ0) is 20.4. The third-order valence-corrected chi connectivity index (χ3v) is 3.72. The van der Waals surface area contributed by atoms with Gasteiger partial charge in [-0.3, -0.25) is 0 Å². The number of nitrogens with one attached hydrogen (secondary N) is 4. The smallest absolute Gasteiger partial charge is 0.319 e. The number of carbonyl (C=O) groups excluding carboxylic acids is 2. The van der Waals surface area contributed by atoms with Gasteiger partial charge < -0.3 is 35.8 Å². The van der Waals surface area contributed by atoms with E-state index < -0.39 is 18.1 Å².